The van der Waals surface area contributed by atoms with Gasteiger partial charge in [0.1, 0.15) is 0 Å². The number of carbonyl (C=O) groups is 1. The van der Waals surface area contributed by atoms with Gasteiger partial charge in [-0.25, -0.2) is 13.4 Å². The van der Waals surface area contributed by atoms with Crippen molar-refractivity contribution in [3.63, 3.8) is 0 Å². The fourth-order valence-electron chi connectivity index (χ4n) is 3.96. The topological polar surface area (TPSA) is 88.6 Å². The summed E-state index contributed by atoms with van der Waals surface area (Å²) in [4.78, 5) is 18.6. The van der Waals surface area contributed by atoms with E-state index in [1.165, 1.54) is 34.9 Å². The van der Waals surface area contributed by atoms with Gasteiger partial charge >= 0.3 is 0 Å². The molecule has 9 heteroatoms. The first kappa shape index (κ1) is 22.4. The number of fused-ring (bicyclic) bond motifs is 1. The van der Waals surface area contributed by atoms with Gasteiger partial charge in [0.15, 0.2) is 5.13 Å². The fraction of sp³-hybridized carbons (Fsp3) is 0.545. The van der Waals surface area contributed by atoms with Crippen molar-refractivity contribution < 1.29 is 17.9 Å². The zero-order chi connectivity index (χ0) is 21.7. The predicted octanol–water partition coefficient (Wildman–Crippen LogP) is 3.39. The Labute approximate surface area is 187 Å². The molecule has 0 bridgehead atoms. The Hall–Kier alpha value is -1.81. The van der Waals surface area contributed by atoms with Gasteiger partial charge in [0.25, 0.3) is 0 Å². The van der Waals surface area contributed by atoms with Crippen molar-refractivity contribution in [3.05, 3.63) is 40.4 Å². The number of ether oxygens (including phenoxy) is 1. The normalized spacial score (nSPS) is 18.1. The van der Waals surface area contributed by atoms with Crippen LogP contribution in [-0.4, -0.2) is 49.9 Å². The van der Waals surface area contributed by atoms with Crippen molar-refractivity contribution in [2.75, 3.05) is 31.6 Å². The summed E-state index contributed by atoms with van der Waals surface area (Å²) in [5.74, 6) is -0.0632. The molecule has 2 aliphatic rings. The first-order chi connectivity index (χ1) is 15.0. The molecule has 0 atom stereocenters. The second kappa shape index (κ2) is 10.2. The number of morpholine rings is 1. The quantitative estimate of drug-likeness (QED) is 0.709. The molecule has 2 aromatic rings. The average Bonchev–Trinajstić information content (AvgIpc) is 3.13. The standard InChI is InChI=1S/C22H29N3O4S2/c26-21(24-22-23-19-5-3-1-2-4-6-20(19)30-22)12-9-17-7-10-18(11-8-17)31(27,28)25-13-15-29-16-14-25/h7-8,10-11H,1-6,9,12-16H2,(H,23,24,26). The van der Waals surface area contributed by atoms with Gasteiger partial charge in [-0.05, 0) is 49.8 Å². The number of amides is 1. The smallest absolute Gasteiger partial charge is 0.243 e. The van der Waals surface area contributed by atoms with Gasteiger partial charge in [-0.3, -0.25) is 4.79 Å². The molecule has 1 amide bonds. The molecule has 1 saturated heterocycles. The van der Waals surface area contributed by atoms with Gasteiger partial charge in [-0.15, -0.1) is 11.3 Å². The zero-order valence-electron chi connectivity index (χ0n) is 17.6. The molecule has 0 spiro atoms. The number of hydrogen-bond donors (Lipinski definition) is 1. The Balaban J connectivity index is 1.31. The highest BCUT2D eigenvalue weighted by atomic mass is 32.2. The molecule has 168 valence electrons. The largest absolute Gasteiger partial charge is 0.379 e. The number of carbonyl (C=O) groups excluding carboxylic acids is 1. The number of hydrogen-bond acceptors (Lipinski definition) is 6. The molecular formula is C22H29N3O4S2. The van der Waals surface area contributed by atoms with E-state index in [1.54, 1.807) is 35.6 Å². The van der Waals surface area contributed by atoms with Crippen LogP contribution in [0.1, 0.15) is 48.2 Å². The van der Waals surface area contributed by atoms with Crippen molar-refractivity contribution in [1.82, 2.24) is 9.29 Å². The summed E-state index contributed by atoms with van der Waals surface area (Å²) in [6.45, 7) is 1.61. The van der Waals surface area contributed by atoms with E-state index in [0.717, 1.165) is 24.1 Å². The van der Waals surface area contributed by atoms with E-state index in [2.05, 4.69) is 10.3 Å². The van der Waals surface area contributed by atoms with Crippen LogP contribution in [0.4, 0.5) is 5.13 Å². The minimum Gasteiger partial charge on any atom is -0.379 e. The van der Waals surface area contributed by atoms with E-state index in [-0.39, 0.29) is 10.8 Å². The van der Waals surface area contributed by atoms with Crippen LogP contribution in [0.2, 0.25) is 0 Å². The minimum atomic E-state index is -3.49. The third kappa shape index (κ3) is 5.71. The Morgan fingerprint density at radius 3 is 2.52 bits per heavy atom. The summed E-state index contributed by atoms with van der Waals surface area (Å²) in [6, 6.07) is 6.82. The third-order valence-corrected chi connectivity index (χ3v) is 8.75. The van der Waals surface area contributed by atoms with E-state index in [0.29, 0.717) is 44.3 Å². The maximum Gasteiger partial charge on any atom is 0.243 e. The number of anilines is 1. The number of benzene rings is 1. The molecule has 2 heterocycles. The molecular weight excluding hydrogens is 434 g/mol. The summed E-state index contributed by atoms with van der Waals surface area (Å²) in [5.41, 5.74) is 2.08. The maximum absolute atomic E-state index is 12.7. The van der Waals surface area contributed by atoms with Crippen LogP contribution in [-0.2, 0) is 38.8 Å². The van der Waals surface area contributed by atoms with Crippen molar-refractivity contribution in [3.8, 4) is 0 Å². The first-order valence-electron chi connectivity index (χ1n) is 11.0. The molecule has 31 heavy (non-hydrogen) atoms. The Bertz CT molecular complexity index is 971. The number of rotatable bonds is 6. The van der Waals surface area contributed by atoms with E-state index in [9.17, 15) is 13.2 Å². The molecule has 4 rings (SSSR count). The molecule has 1 aromatic heterocycles. The summed E-state index contributed by atoms with van der Waals surface area (Å²) in [5, 5.41) is 3.64. The van der Waals surface area contributed by atoms with Gasteiger partial charge in [0, 0.05) is 24.4 Å². The second-order valence-electron chi connectivity index (χ2n) is 8.01. The highest BCUT2D eigenvalue weighted by Gasteiger charge is 2.26. The number of aryl methyl sites for hydroxylation is 3. The van der Waals surface area contributed by atoms with Gasteiger partial charge in [0.05, 0.1) is 23.8 Å². The van der Waals surface area contributed by atoms with E-state index in [4.69, 9.17) is 4.74 Å². The first-order valence-corrected chi connectivity index (χ1v) is 13.2. The van der Waals surface area contributed by atoms with Gasteiger partial charge in [0.2, 0.25) is 15.9 Å². The van der Waals surface area contributed by atoms with E-state index < -0.39 is 10.0 Å². The Kier molecular flexibility index (Phi) is 7.37. The van der Waals surface area contributed by atoms with E-state index in [1.807, 2.05) is 0 Å². The third-order valence-electron chi connectivity index (χ3n) is 5.76. The molecule has 0 unspecified atom stereocenters. The minimum absolute atomic E-state index is 0.0632. The highest BCUT2D eigenvalue weighted by Crippen LogP contribution is 2.28. The lowest BCUT2D eigenvalue weighted by molar-refractivity contribution is -0.116. The van der Waals surface area contributed by atoms with Crippen LogP contribution in [0.5, 0.6) is 0 Å². The van der Waals surface area contributed by atoms with E-state index >= 15 is 0 Å². The Morgan fingerprint density at radius 1 is 1.06 bits per heavy atom. The molecule has 1 fully saturated rings. The van der Waals surface area contributed by atoms with Crippen LogP contribution in [0, 0.1) is 0 Å². The van der Waals surface area contributed by atoms with Gasteiger partial charge in [-0.2, -0.15) is 4.31 Å². The van der Waals surface area contributed by atoms with Crippen LogP contribution in [0.3, 0.4) is 0 Å². The molecule has 7 nitrogen and oxygen atoms in total. The summed E-state index contributed by atoms with van der Waals surface area (Å²) >= 11 is 1.60. The van der Waals surface area contributed by atoms with Gasteiger partial charge in [-0.1, -0.05) is 25.0 Å². The molecule has 0 radical (unpaired) electrons. The van der Waals surface area contributed by atoms with Crippen LogP contribution in [0.15, 0.2) is 29.2 Å². The molecule has 1 N–H and O–H groups in total. The highest BCUT2D eigenvalue weighted by molar-refractivity contribution is 7.89. The number of nitrogens with one attached hydrogen (secondary N) is 1. The predicted molar refractivity (Wildman–Crippen MR) is 121 cm³/mol. The summed E-state index contributed by atoms with van der Waals surface area (Å²) < 4.78 is 32.1. The molecule has 0 saturated carbocycles. The average molecular weight is 464 g/mol. The second-order valence-corrected chi connectivity index (χ2v) is 11.0. The lowest BCUT2D eigenvalue weighted by atomic mass is 10.0. The van der Waals surface area contributed by atoms with Crippen LogP contribution in [0.25, 0.3) is 0 Å². The lowest BCUT2D eigenvalue weighted by Crippen LogP contribution is -2.40. The summed E-state index contributed by atoms with van der Waals surface area (Å²) in [6.07, 6.45) is 7.83. The van der Waals surface area contributed by atoms with Crippen molar-refractivity contribution >= 4 is 32.4 Å². The van der Waals surface area contributed by atoms with Crippen molar-refractivity contribution in [2.24, 2.45) is 0 Å². The van der Waals surface area contributed by atoms with Crippen molar-refractivity contribution in [2.45, 2.75) is 56.3 Å². The van der Waals surface area contributed by atoms with Gasteiger partial charge < -0.3 is 10.1 Å². The van der Waals surface area contributed by atoms with Crippen LogP contribution >= 0.6 is 11.3 Å². The number of nitrogens with zero attached hydrogens (tertiary/aromatic N) is 2. The molecule has 1 aliphatic heterocycles. The molecule has 1 aliphatic carbocycles. The maximum atomic E-state index is 12.7. The monoisotopic (exact) mass is 463 g/mol. The number of sulfonamides is 1. The lowest BCUT2D eigenvalue weighted by Gasteiger charge is -2.26. The number of aromatic nitrogens is 1. The summed E-state index contributed by atoms with van der Waals surface area (Å²) in [7, 11) is -3.49. The fourth-order valence-corrected chi connectivity index (χ4v) is 6.44. The molecule has 1 aromatic carbocycles. The zero-order valence-corrected chi connectivity index (χ0v) is 19.3. The van der Waals surface area contributed by atoms with Crippen molar-refractivity contribution in [1.29, 1.82) is 0 Å². The Morgan fingerprint density at radius 2 is 1.77 bits per heavy atom. The van der Waals surface area contributed by atoms with Crippen LogP contribution < -0.4 is 5.32 Å². The number of thiazole rings is 1. The SMILES string of the molecule is O=C(CCc1ccc(S(=O)(=O)N2CCOCC2)cc1)Nc1nc2c(s1)CCCCCC2.